The van der Waals surface area contributed by atoms with Crippen molar-refractivity contribution in [3.8, 4) is 6.07 Å². The summed E-state index contributed by atoms with van der Waals surface area (Å²) >= 11 is 0. The number of carbonyl (C=O) groups is 1. The second kappa shape index (κ2) is 7.37. The summed E-state index contributed by atoms with van der Waals surface area (Å²) in [5.41, 5.74) is 2.53. The number of carbonyl (C=O) groups excluding carboxylic acids is 1. The molecule has 1 atom stereocenters. The number of aromatic nitrogens is 1. The molecule has 0 spiro atoms. The third kappa shape index (κ3) is 3.47. The van der Waals surface area contributed by atoms with Crippen molar-refractivity contribution in [1.82, 2.24) is 9.47 Å². The molecule has 2 aliphatic heterocycles. The van der Waals surface area contributed by atoms with Crippen LogP contribution in [-0.4, -0.2) is 47.7 Å². The fourth-order valence-corrected chi connectivity index (χ4v) is 3.67. The minimum atomic E-state index is -0.0421. The summed E-state index contributed by atoms with van der Waals surface area (Å²) < 4.78 is 7.78. The Balaban J connectivity index is 1.79. The van der Waals surface area contributed by atoms with Crippen molar-refractivity contribution in [2.24, 2.45) is 0 Å². The molecule has 0 aliphatic carbocycles. The zero-order valence-electron chi connectivity index (χ0n) is 14.6. The van der Waals surface area contributed by atoms with Gasteiger partial charge in [0.05, 0.1) is 24.8 Å². The van der Waals surface area contributed by atoms with Gasteiger partial charge in [-0.25, -0.2) is 0 Å². The molecule has 0 bridgehead atoms. The predicted molar refractivity (Wildman–Crippen MR) is 91.9 cm³/mol. The van der Waals surface area contributed by atoms with E-state index in [1.165, 1.54) is 0 Å². The minimum absolute atomic E-state index is 0.0421. The van der Waals surface area contributed by atoms with Gasteiger partial charge in [-0.1, -0.05) is 0 Å². The maximum Gasteiger partial charge on any atom is 0.239 e. The molecule has 3 heterocycles. The van der Waals surface area contributed by atoms with Gasteiger partial charge < -0.3 is 14.6 Å². The number of hydrogen-bond donors (Lipinski definition) is 1. The molecular formula is C18H26N4O2. The zero-order chi connectivity index (χ0) is 17.1. The van der Waals surface area contributed by atoms with Gasteiger partial charge in [0.2, 0.25) is 5.91 Å². The molecule has 0 saturated carbocycles. The lowest BCUT2D eigenvalue weighted by Gasteiger charge is -2.18. The molecule has 0 aromatic carbocycles. The molecule has 2 saturated heterocycles. The van der Waals surface area contributed by atoms with E-state index < -0.39 is 0 Å². The topological polar surface area (TPSA) is 70.3 Å². The highest BCUT2D eigenvalue weighted by atomic mass is 16.5. The second-order valence-electron chi connectivity index (χ2n) is 6.82. The quantitative estimate of drug-likeness (QED) is 0.898. The standard InChI is InChI=1S/C18H26N4O2/c1-13-14(2)22(11-15-6-5-9-24-15)18(16(13)10-19)20-17(23)12-21-7-3-4-8-21/h15H,3-9,11-12H2,1-2H3,(H,20,23)/t15-/m0/s1. The first-order valence-electron chi connectivity index (χ1n) is 8.83. The lowest BCUT2D eigenvalue weighted by atomic mass is 10.2. The normalized spacial score (nSPS) is 21.1. The zero-order valence-corrected chi connectivity index (χ0v) is 14.6. The smallest absolute Gasteiger partial charge is 0.239 e. The summed E-state index contributed by atoms with van der Waals surface area (Å²) in [6.45, 7) is 7.78. The molecule has 1 aromatic heterocycles. The van der Waals surface area contributed by atoms with Crippen LogP contribution in [0.2, 0.25) is 0 Å². The summed E-state index contributed by atoms with van der Waals surface area (Å²) in [7, 11) is 0. The van der Waals surface area contributed by atoms with Gasteiger partial charge in [0.1, 0.15) is 11.9 Å². The number of nitriles is 1. The Morgan fingerprint density at radius 2 is 2.08 bits per heavy atom. The molecule has 6 heteroatoms. The summed E-state index contributed by atoms with van der Waals surface area (Å²) in [6, 6.07) is 2.26. The van der Waals surface area contributed by atoms with Gasteiger partial charge in [0.15, 0.2) is 0 Å². The molecule has 6 nitrogen and oxygen atoms in total. The van der Waals surface area contributed by atoms with Gasteiger partial charge in [-0.2, -0.15) is 5.26 Å². The number of nitrogens with one attached hydrogen (secondary N) is 1. The predicted octanol–water partition coefficient (Wildman–Crippen LogP) is 2.19. The van der Waals surface area contributed by atoms with Crippen molar-refractivity contribution in [2.75, 3.05) is 31.6 Å². The van der Waals surface area contributed by atoms with Gasteiger partial charge in [0, 0.05) is 12.3 Å². The highest BCUT2D eigenvalue weighted by molar-refractivity contribution is 5.93. The third-order valence-electron chi connectivity index (χ3n) is 5.18. The molecule has 0 radical (unpaired) electrons. The molecule has 2 fully saturated rings. The van der Waals surface area contributed by atoms with Crippen molar-refractivity contribution in [3.05, 3.63) is 16.8 Å². The second-order valence-corrected chi connectivity index (χ2v) is 6.82. The van der Waals surface area contributed by atoms with E-state index in [0.29, 0.717) is 24.5 Å². The number of nitrogens with zero attached hydrogens (tertiary/aromatic N) is 3. The van der Waals surface area contributed by atoms with Gasteiger partial charge >= 0.3 is 0 Å². The highest BCUT2D eigenvalue weighted by Gasteiger charge is 2.24. The van der Waals surface area contributed by atoms with Crippen molar-refractivity contribution < 1.29 is 9.53 Å². The minimum Gasteiger partial charge on any atom is -0.376 e. The molecule has 1 amide bonds. The summed E-state index contributed by atoms with van der Waals surface area (Å²) in [5.74, 6) is 0.590. The Morgan fingerprint density at radius 1 is 1.33 bits per heavy atom. The Kier molecular flexibility index (Phi) is 5.22. The van der Waals surface area contributed by atoms with E-state index in [1.54, 1.807) is 0 Å². The van der Waals surface area contributed by atoms with E-state index in [-0.39, 0.29) is 12.0 Å². The molecule has 1 N–H and O–H groups in total. The van der Waals surface area contributed by atoms with Gasteiger partial charge in [-0.15, -0.1) is 0 Å². The van der Waals surface area contributed by atoms with Gasteiger partial charge in [-0.05, 0) is 58.2 Å². The first kappa shape index (κ1) is 17.0. The van der Waals surface area contributed by atoms with E-state index in [9.17, 15) is 10.1 Å². The fraction of sp³-hybridized carbons (Fsp3) is 0.667. The number of hydrogen-bond acceptors (Lipinski definition) is 4. The largest absolute Gasteiger partial charge is 0.376 e. The first-order valence-corrected chi connectivity index (χ1v) is 8.83. The number of rotatable bonds is 5. The van der Waals surface area contributed by atoms with Crippen molar-refractivity contribution in [2.45, 2.75) is 52.2 Å². The van der Waals surface area contributed by atoms with E-state index in [0.717, 1.165) is 56.6 Å². The third-order valence-corrected chi connectivity index (χ3v) is 5.18. The van der Waals surface area contributed by atoms with Crippen LogP contribution in [0, 0.1) is 25.2 Å². The van der Waals surface area contributed by atoms with Crippen LogP contribution in [0.15, 0.2) is 0 Å². The first-order chi connectivity index (χ1) is 11.6. The van der Waals surface area contributed by atoms with Crippen LogP contribution < -0.4 is 5.32 Å². The molecule has 24 heavy (non-hydrogen) atoms. The van der Waals surface area contributed by atoms with Crippen LogP contribution in [0.1, 0.15) is 42.5 Å². The molecule has 3 rings (SSSR count). The average Bonchev–Trinajstić information content (AvgIpc) is 3.28. The fourth-order valence-electron chi connectivity index (χ4n) is 3.67. The average molecular weight is 330 g/mol. The summed E-state index contributed by atoms with van der Waals surface area (Å²) in [5, 5.41) is 12.5. The van der Waals surface area contributed by atoms with E-state index in [2.05, 4.69) is 16.3 Å². The van der Waals surface area contributed by atoms with Crippen LogP contribution in [-0.2, 0) is 16.1 Å². The van der Waals surface area contributed by atoms with Crippen LogP contribution >= 0.6 is 0 Å². The Labute approximate surface area is 143 Å². The van der Waals surface area contributed by atoms with Crippen LogP contribution in [0.4, 0.5) is 5.82 Å². The highest BCUT2D eigenvalue weighted by Crippen LogP contribution is 2.28. The molecular weight excluding hydrogens is 304 g/mol. The molecule has 130 valence electrons. The molecule has 2 aliphatic rings. The number of anilines is 1. The number of ether oxygens (including phenoxy) is 1. The lowest BCUT2D eigenvalue weighted by Crippen LogP contribution is -2.32. The van der Waals surface area contributed by atoms with Crippen LogP contribution in [0.3, 0.4) is 0 Å². The maximum absolute atomic E-state index is 12.4. The van der Waals surface area contributed by atoms with E-state index in [4.69, 9.17) is 4.74 Å². The Morgan fingerprint density at radius 3 is 2.71 bits per heavy atom. The number of likely N-dealkylation sites (tertiary alicyclic amines) is 1. The van der Waals surface area contributed by atoms with Crippen LogP contribution in [0.25, 0.3) is 0 Å². The SMILES string of the molecule is Cc1c(C#N)c(NC(=O)CN2CCCC2)n(C[C@@H]2CCCO2)c1C. The molecule has 0 unspecified atom stereocenters. The number of amides is 1. The summed E-state index contributed by atoms with van der Waals surface area (Å²) in [6.07, 6.45) is 4.58. The Bertz CT molecular complexity index is 647. The maximum atomic E-state index is 12.4. The van der Waals surface area contributed by atoms with E-state index in [1.807, 2.05) is 18.4 Å². The summed E-state index contributed by atoms with van der Waals surface area (Å²) in [4.78, 5) is 14.6. The van der Waals surface area contributed by atoms with Crippen molar-refractivity contribution in [3.63, 3.8) is 0 Å². The lowest BCUT2D eigenvalue weighted by molar-refractivity contribution is -0.117. The van der Waals surface area contributed by atoms with Gasteiger partial charge in [-0.3, -0.25) is 9.69 Å². The van der Waals surface area contributed by atoms with Crippen LogP contribution in [0.5, 0.6) is 0 Å². The van der Waals surface area contributed by atoms with Crippen molar-refractivity contribution in [1.29, 1.82) is 5.26 Å². The molecule has 1 aromatic rings. The monoisotopic (exact) mass is 330 g/mol. The van der Waals surface area contributed by atoms with E-state index >= 15 is 0 Å². The Hall–Kier alpha value is -1.84. The van der Waals surface area contributed by atoms with Gasteiger partial charge in [0.25, 0.3) is 0 Å². The van der Waals surface area contributed by atoms with Crippen molar-refractivity contribution >= 4 is 11.7 Å².